The fraction of sp³-hybridized carbons (Fsp3) is 0.294. The maximum Gasteiger partial charge on any atom is 0.157 e. The van der Waals surface area contributed by atoms with Crippen LogP contribution in [0, 0.1) is 6.92 Å². The Morgan fingerprint density at radius 3 is 2.55 bits per heavy atom. The highest BCUT2D eigenvalue weighted by atomic mass is 16.5. The summed E-state index contributed by atoms with van der Waals surface area (Å²) < 4.78 is 5.71. The number of aliphatic hydroxyl groups is 1. The molecule has 114 valence electrons. The maximum absolute atomic E-state index is 11.0. The molecule has 2 atom stereocenters. The van der Waals surface area contributed by atoms with Crippen LogP contribution in [0.3, 0.4) is 0 Å². The molecule has 1 aliphatic heterocycles. The molecule has 22 heavy (non-hydrogen) atoms. The maximum atomic E-state index is 11.0. The van der Waals surface area contributed by atoms with Gasteiger partial charge in [-0.2, -0.15) is 0 Å². The monoisotopic (exact) mass is 300 g/mol. The SMILES string of the molecule is Cc1c(O)ccc2c1OC[C@@]1(O)Cc3cc(O)c(O)cc3[C@@H]21. The van der Waals surface area contributed by atoms with Gasteiger partial charge in [-0.25, -0.2) is 0 Å². The summed E-state index contributed by atoms with van der Waals surface area (Å²) in [7, 11) is 0. The second kappa shape index (κ2) is 4.08. The smallest absolute Gasteiger partial charge is 0.157 e. The highest BCUT2D eigenvalue weighted by Gasteiger charge is 2.50. The number of fused-ring (bicyclic) bond motifs is 5. The summed E-state index contributed by atoms with van der Waals surface area (Å²) in [5, 5.41) is 40.3. The molecule has 1 heterocycles. The van der Waals surface area contributed by atoms with E-state index in [1.807, 2.05) is 0 Å². The van der Waals surface area contributed by atoms with Crippen molar-refractivity contribution in [3.8, 4) is 23.0 Å². The average molecular weight is 300 g/mol. The van der Waals surface area contributed by atoms with Crippen LogP contribution >= 0.6 is 0 Å². The summed E-state index contributed by atoms with van der Waals surface area (Å²) in [5.41, 5.74) is 1.89. The van der Waals surface area contributed by atoms with E-state index in [1.54, 1.807) is 19.1 Å². The predicted octanol–water partition coefficient (Wildman–Crippen LogP) is 1.92. The van der Waals surface area contributed by atoms with Crippen LogP contribution in [-0.4, -0.2) is 32.6 Å². The van der Waals surface area contributed by atoms with Crippen molar-refractivity contribution >= 4 is 0 Å². The van der Waals surface area contributed by atoms with Gasteiger partial charge in [-0.1, -0.05) is 6.07 Å². The van der Waals surface area contributed by atoms with Crippen LogP contribution in [0.4, 0.5) is 0 Å². The fourth-order valence-corrected chi connectivity index (χ4v) is 3.69. The van der Waals surface area contributed by atoms with Crippen molar-refractivity contribution in [2.75, 3.05) is 6.61 Å². The number of phenolic OH excluding ortho intramolecular Hbond substituents is 3. The van der Waals surface area contributed by atoms with Gasteiger partial charge >= 0.3 is 0 Å². The number of rotatable bonds is 0. The molecule has 0 aromatic heterocycles. The molecule has 1 aliphatic carbocycles. The first-order chi connectivity index (χ1) is 10.4. The Labute approximate surface area is 127 Å². The minimum Gasteiger partial charge on any atom is -0.508 e. The molecule has 0 bridgehead atoms. The van der Waals surface area contributed by atoms with E-state index in [4.69, 9.17) is 4.74 Å². The van der Waals surface area contributed by atoms with E-state index in [0.717, 1.165) is 16.7 Å². The molecule has 4 N–H and O–H groups in total. The number of benzene rings is 2. The molecular weight excluding hydrogens is 284 g/mol. The van der Waals surface area contributed by atoms with Crippen molar-refractivity contribution in [3.05, 3.63) is 46.5 Å². The van der Waals surface area contributed by atoms with Crippen LogP contribution < -0.4 is 4.74 Å². The molecule has 5 heteroatoms. The van der Waals surface area contributed by atoms with Crippen LogP contribution in [0.25, 0.3) is 0 Å². The van der Waals surface area contributed by atoms with Crippen LogP contribution in [0.2, 0.25) is 0 Å². The van der Waals surface area contributed by atoms with Gasteiger partial charge in [0.25, 0.3) is 0 Å². The van der Waals surface area contributed by atoms with E-state index < -0.39 is 5.60 Å². The van der Waals surface area contributed by atoms with Gasteiger partial charge in [0.05, 0.1) is 0 Å². The number of hydrogen-bond acceptors (Lipinski definition) is 5. The van der Waals surface area contributed by atoms with E-state index >= 15 is 0 Å². The molecule has 2 aliphatic rings. The first-order valence-corrected chi connectivity index (χ1v) is 7.13. The average Bonchev–Trinajstić information content (AvgIpc) is 2.75. The second-order valence-corrected chi connectivity index (χ2v) is 6.17. The van der Waals surface area contributed by atoms with Gasteiger partial charge in [0.15, 0.2) is 11.5 Å². The van der Waals surface area contributed by atoms with Gasteiger partial charge in [-0.15, -0.1) is 0 Å². The van der Waals surface area contributed by atoms with E-state index in [1.165, 1.54) is 12.1 Å². The first-order valence-electron chi connectivity index (χ1n) is 7.13. The van der Waals surface area contributed by atoms with Crippen LogP contribution in [0.1, 0.15) is 28.2 Å². The Kier molecular flexibility index (Phi) is 2.46. The molecule has 0 saturated heterocycles. The quantitative estimate of drug-likeness (QED) is 0.558. The van der Waals surface area contributed by atoms with Crippen molar-refractivity contribution < 1.29 is 25.2 Å². The zero-order chi connectivity index (χ0) is 15.6. The molecule has 0 spiro atoms. The molecule has 4 rings (SSSR count). The van der Waals surface area contributed by atoms with E-state index in [-0.39, 0.29) is 29.8 Å². The third kappa shape index (κ3) is 1.57. The highest BCUT2D eigenvalue weighted by Crippen LogP contribution is 2.53. The lowest BCUT2D eigenvalue weighted by molar-refractivity contribution is -0.0221. The summed E-state index contributed by atoms with van der Waals surface area (Å²) in [6.45, 7) is 1.87. The number of phenols is 3. The second-order valence-electron chi connectivity index (χ2n) is 6.17. The van der Waals surface area contributed by atoms with Gasteiger partial charge < -0.3 is 25.2 Å². The van der Waals surface area contributed by atoms with Crippen molar-refractivity contribution in [1.29, 1.82) is 0 Å². The van der Waals surface area contributed by atoms with Crippen molar-refractivity contribution in [3.63, 3.8) is 0 Å². The summed E-state index contributed by atoms with van der Waals surface area (Å²) in [6.07, 6.45) is 0.347. The number of hydrogen-bond donors (Lipinski definition) is 4. The Morgan fingerprint density at radius 2 is 1.77 bits per heavy atom. The Bertz CT molecular complexity index is 798. The lowest BCUT2D eigenvalue weighted by Gasteiger charge is -2.37. The van der Waals surface area contributed by atoms with Gasteiger partial charge in [0, 0.05) is 23.5 Å². The molecule has 0 fully saturated rings. The van der Waals surface area contributed by atoms with Gasteiger partial charge in [0.2, 0.25) is 0 Å². The molecular formula is C17H16O5. The summed E-state index contributed by atoms with van der Waals surface area (Å²) in [6, 6.07) is 6.32. The number of aromatic hydroxyl groups is 3. The van der Waals surface area contributed by atoms with Gasteiger partial charge in [-0.3, -0.25) is 0 Å². The largest absolute Gasteiger partial charge is 0.508 e. The summed E-state index contributed by atoms with van der Waals surface area (Å²) >= 11 is 0. The summed E-state index contributed by atoms with van der Waals surface area (Å²) in [4.78, 5) is 0. The van der Waals surface area contributed by atoms with Gasteiger partial charge in [0.1, 0.15) is 23.7 Å². The first kappa shape index (κ1) is 13.3. The van der Waals surface area contributed by atoms with E-state index in [0.29, 0.717) is 17.7 Å². The Hall–Kier alpha value is -2.40. The molecule has 0 amide bonds. The van der Waals surface area contributed by atoms with Crippen LogP contribution in [0.5, 0.6) is 23.0 Å². The zero-order valence-corrected chi connectivity index (χ0v) is 12.0. The van der Waals surface area contributed by atoms with Crippen LogP contribution in [0.15, 0.2) is 24.3 Å². The third-order valence-electron chi connectivity index (χ3n) is 4.77. The van der Waals surface area contributed by atoms with Gasteiger partial charge in [-0.05, 0) is 36.2 Å². The third-order valence-corrected chi connectivity index (χ3v) is 4.77. The molecule has 2 aromatic rings. The highest BCUT2D eigenvalue weighted by molar-refractivity contribution is 5.60. The molecule has 0 unspecified atom stereocenters. The fourth-order valence-electron chi connectivity index (χ4n) is 3.69. The zero-order valence-electron chi connectivity index (χ0n) is 12.0. The van der Waals surface area contributed by atoms with E-state index in [2.05, 4.69) is 0 Å². The number of ether oxygens (including phenoxy) is 1. The standard InChI is InChI=1S/C17H16O5/c1-8-12(18)3-2-10-15-11-5-14(20)13(19)4-9(11)6-17(15,21)7-22-16(8)10/h2-5,15,18-21H,6-7H2,1H3/t15-,17+/m1/s1. The molecule has 2 aromatic carbocycles. The normalized spacial score (nSPS) is 25.1. The van der Waals surface area contributed by atoms with Crippen molar-refractivity contribution in [1.82, 2.24) is 0 Å². The van der Waals surface area contributed by atoms with Crippen molar-refractivity contribution in [2.45, 2.75) is 24.9 Å². The van der Waals surface area contributed by atoms with E-state index in [9.17, 15) is 20.4 Å². The van der Waals surface area contributed by atoms with Crippen molar-refractivity contribution in [2.24, 2.45) is 0 Å². The molecule has 0 radical (unpaired) electrons. The Morgan fingerprint density at radius 1 is 1.05 bits per heavy atom. The minimum atomic E-state index is -1.11. The lowest BCUT2D eigenvalue weighted by Crippen LogP contribution is -2.44. The molecule has 5 nitrogen and oxygen atoms in total. The summed E-state index contributed by atoms with van der Waals surface area (Å²) in [5.74, 6) is -0.0151. The lowest BCUT2D eigenvalue weighted by atomic mass is 9.80. The van der Waals surface area contributed by atoms with Crippen LogP contribution in [-0.2, 0) is 6.42 Å². The molecule has 0 saturated carbocycles. The topological polar surface area (TPSA) is 90.2 Å². The minimum absolute atomic E-state index is 0.102. The Balaban J connectivity index is 1.97. The predicted molar refractivity (Wildman–Crippen MR) is 78.6 cm³/mol.